The minimum Gasteiger partial charge on any atom is -0.175 e. The molecule has 5 aliphatic carbocycles. The highest BCUT2D eigenvalue weighted by Crippen LogP contribution is 2.77. The molecule has 0 aromatic carbocycles. The second-order valence-corrected chi connectivity index (χ2v) is 15.3. The lowest BCUT2D eigenvalue weighted by Crippen LogP contribution is -2.66. The molecule has 0 nitrogen and oxygen atoms in total. The van der Waals surface area contributed by atoms with E-state index < -0.39 is 0 Å². The van der Waals surface area contributed by atoms with Crippen LogP contribution in [0.15, 0.2) is 12.2 Å². The predicted molar refractivity (Wildman–Crippen MR) is 137 cm³/mol. The summed E-state index contributed by atoms with van der Waals surface area (Å²) < 4.78 is 0. The molecule has 0 saturated heterocycles. The maximum atomic E-state index is 5.10. The van der Waals surface area contributed by atoms with E-state index in [2.05, 4.69) is 55.0 Å². The van der Waals surface area contributed by atoms with Crippen molar-refractivity contribution in [2.24, 2.45) is 56.7 Å². The zero-order valence-electron chi connectivity index (χ0n) is 21.7. The van der Waals surface area contributed by atoms with E-state index in [1.54, 1.807) is 0 Å². The number of allylic oxidation sites excluding steroid dienone is 1. The van der Waals surface area contributed by atoms with Crippen molar-refractivity contribution in [2.75, 3.05) is 0 Å². The molecule has 0 aromatic heterocycles. The molecule has 0 heterocycles. The second-order valence-electron chi connectivity index (χ2n) is 14.7. The fraction of sp³-hybridized carbons (Fsp3) is 0.933. The van der Waals surface area contributed by atoms with Gasteiger partial charge >= 0.3 is 0 Å². The first-order chi connectivity index (χ1) is 14.3. The van der Waals surface area contributed by atoms with Crippen LogP contribution < -0.4 is 0 Å². The molecule has 10 atom stereocenters. The van der Waals surface area contributed by atoms with Crippen LogP contribution in [-0.4, -0.2) is 5.25 Å². The summed E-state index contributed by atoms with van der Waals surface area (Å²) in [5.41, 5.74) is 3.95. The first-order valence-electron chi connectivity index (χ1n) is 13.6. The molecular formula is C30H50S. The molecule has 31 heavy (non-hydrogen) atoms. The minimum atomic E-state index is 0.372. The average Bonchev–Trinajstić information content (AvgIpc) is 3.04. The second kappa shape index (κ2) is 6.82. The summed E-state index contributed by atoms with van der Waals surface area (Å²) in [6, 6.07) is 0. The first-order valence-corrected chi connectivity index (χ1v) is 14.2. The summed E-state index contributed by atoms with van der Waals surface area (Å²) in [6.07, 6.45) is 14.3. The Morgan fingerprint density at radius 1 is 0.742 bits per heavy atom. The predicted octanol–water partition coefficient (Wildman–Crippen LogP) is 8.96. The summed E-state index contributed by atoms with van der Waals surface area (Å²) >= 11 is 5.10. The Morgan fingerprint density at radius 2 is 1.45 bits per heavy atom. The smallest absolute Gasteiger partial charge is 0.00710 e. The molecule has 0 bridgehead atoms. The van der Waals surface area contributed by atoms with Crippen molar-refractivity contribution in [1.29, 1.82) is 0 Å². The lowest BCUT2D eigenvalue weighted by molar-refractivity contribution is -0.234. The Morgan fingerprint density at radius 3 is 2.13 bits per heavy atom. The third kappa shape index (κ3) is 2.74. The maximum Gasteiger partial charge on any atom is 0.00710 e. The fourth-order valence-electron chi connectivity index (χ4n) is 11.5. The van der Waals surface area contributed by atoms with Crippen molar-refractivity contribution in [3.8, 4) is 0 Å². The number of rotatable bonds is 1. The number of hydrogen-bond donors (Lipinski definition) is 1. The molecule has 5 saturated carbocycles. The Kier molecular flexibility index (Phi) is 5.03. The third-order valence-corrected chi connectivity index (χ3v) is 14.4. The van der Waals surface area contributed by atoms with Crippen LogP contribution in [0.3, 0.4) is 0 Å². The van der Waals surface area contributed by atoms with Gasteiger partial charge in [0.05, 0.1) is 0 Å². The fourth-order valence-corrected chi connectivity index (χ4v) is 11.8. The van der Waals surface area contributed by atoms with Gasteiger partial charge in [0.2, 0.25) is 0 Å². The van der Waals surface area contributed by atoms with E-state index in [1.165, 1.54) is 69.8 Å². The molecule has 5 aliphatic rings. The van der Waals surface area contributed by atoms with Gasteiger partial charge in [-0.2, -0.15) is 12.6 Å². The zero-order valence-corrected chi connectivity index (χ0v) is 22.6. The molecule has 5 rings (SSSR count). The van der Waals surface area contributed by atoms with Gasteiger partial charge in [-0.15, -0.1) is 0 Å². The van der Waals surface area contributed by atoms with Crippen molar-refractivity contribution in [3.05, 3.63) is 12.2 Å². The van der Waals surface area contributed by atoms with E-state index in [4.69, 9.17) is 12.6 Å². The zero-order chi connectivity index (χ0) is 22.6. The SMILES string of the molecule is C=C(C)C1CCC2(C)CCC3(C)C(CCC4C5(C)CCC(S)C(C)(C)C5CCC43C)C12. The van der Waals surface area contributed by atoms with Gasteiger partial charge in [-0.1, -0.05) is 53.7 Å². The summed E-state index contributed by atoms with van der Waals surface area (Å²) in [7, 11) is 0. The van der Waals surface area contributed by atoms with E-state index in [0.717, 1.165) is 29.6 Å². The molecule has 10 unspecified atom stereocenters. The van der Waals surface area contributed by atoms with Gasteiger partial charge in [-0.25, -0.2) is 0 Å². The lowest BCUT2D eigenvalue weighted by Gasteiger charge is -2.73. The monoisotopic (exact) mass is 442 g/mol. The van der Waals surface area contributed by atoms with Crippen LogP contribution in [0.2, 0.25) is 0 Å². The van der Waals surface area contributed by atoms with Crippen molar-refractivity contribution in [2.45, 2.75) is 118 Å². The van der Waals surface area contributed by atoms with Crippen LogP contribution in [-0.2, 0) is 0 Å². The highest BCUT2D eigenvalue weighted by atomic mass is 32.1. The summed E-state index contributed by atoms with van der Waals surface area (Å²) in [5.74, 6) is 4.31. The standard InChI is InChI=1S/C30H50S/c1-19(2)20-11-14-27(5)17-18-29(7)21(25(20)27)9-10-23-28(6)15-13-24(31)26(3,4)22(28)12-16-30(23,29)8/h20-25,31H,1,9-18H2,2-8H3. The van der Waals surface area contributed by atoms with Gasteiger partial charge in [-0.3, -0.25) is 0 Å². The highest BCUT2D eigenvalue weighted by molar-refractivity contribution is 7.81. The molecule has 0 aromatic rings. The average molecular weight is 443 g/mol. The number of fused-ring (bicyclic) bond motifs is 7. The molecule has 0 N–H and O–H groups in total. The highest BCUT2D eigenvalue weighted by Gasteiger charge is 2.70. The van der Waals surface area contributed by atoms with Crippen LogP contribution in [0.1, 0.15) is 113 Å². The quantitative estimate of drug-likeness (QED) is 0.304. The van der Waals surface area contributed by atoms with Crippen molar-refractivity contribution in [3.63, 3.8) is 0 Å². The summed E-state index contributed by atoms with van der Waals surface area (Å²) in [6.45, 7) is 22.9. The van der Waals surface area contributed by atoms with Crippen LogP contribution in [0.25, 0.3) is 0 Å². The first kappa shape index (κ1) is 22.9. The Labute approximate surface area is 199 Å². The van der Waals surface area contributed by atoms with Gasteiger partial charge in [0.25, 0.3) is 0 Å². The maximum absolute atomic E-state index is 5.10. The van der Waals surface area contributed by atoms with Gasteiger partial charge in [0.15, 0.2) is 0 Å². The third-order valence-electron chi connectivity index (χ3n) is 13.5. The van der Waals surface area contributed by atoms with Crippen LogP contribution in [0.4, 0.5) is 0 Å². The van der Waals surface area contributed by atoms with E-state index in [9.17, 15) is 0 Å². The van der Waals surface area contributed by atoms with Crippen molar-refractivity contribution >= 4 is 12.6 Å². The van der Waals surface area contributed by atoms with E-state index in [0.29, 0.717) is 32.3 Å². The van der Waals surface area contributed by atoms with E-state index >= 15 is 0 Å². The molecule has 0 aliphatic heterocycles. The van der Waals surface area contributed by atoms with Crippen LogP contribution >= 0.6 is 12.6 Å². The molecule has 5 fully saturated rings. The molecule has 0 radical (unpaired) electrons. The number of hydrogen-bond acceptors (Lipinski definition) is 1. The largest absolute Gasteiger partial charge is 0.175 e. The molecule has 0 spiro atoms. The topological polar surface area (TPSA) is 0 Å². The summed E-state index contributed by atoms with van der Waals surface area (Å²) in [4.78, 5) is 0. The molecule has 0 amide bonds. The van der Waals surface area contributed by atoms with Crippen LogP contribution in [0, 0.1) is 56.7 Å². The minimum absolute atomic E-state index is 0.372. The van der Waals surface area contributed by atoms with Crippen molar-refractivity contribution < 1.29 is 0 Å². The Bertz CT molecular complexity index is 766. The van der Waals surface area contributed by atoms with Gasteiger partial charge in [0.1, 0.15) is 0 Å². The van der Waals surface area contributed by atoms with Gasteiger partial charge < -0.3 is 0 Å². The normalized spacial score (nSPS) is 57.9. The molecule has 176 valence electrons. The summed E-state index contributed by atoms with van der Waals surface area (Å²) in [5, 5.41) is 0.576. The van der Waals surface area contributed by atoms with Crippen molar-refractivity contribution in [1.82, 2.24) is 0 Å². The molecular weight excluding hydrogens is 392 g/mol. The Hall–Kier alpha value is 0.0900. The lowest BCUT2D eigenvalue weighted by atomic mass is 9.32. The van der Waals surface area contributed by atoms with Gasteiger partial charge in [0, 0.05) is 5.25 Å². The van der Waals surface area contributed by atoms with Crippen LogP contribution in [0.5, 0.6) is 0 Å². The van der Waals surface area contributed by atoms with Gasteiger partial charge in [-0.05, 0) is 128 Å². The van der Waals surface area contributed by atoms with E-state index in [-0.39, 0.29) is 0 Å². The van der Waals surface area contributed by atoms with E-state index in [1.807, 2.05) is 0 Å². The number of thiol groups is 1. The Balaban J connectivity index is 1.54. The molecule has 1 heteroatoms.